The van der Waals surface area contributed by atoms with Gasteiger partial charge in [-0.2, -0.15) is 11.8 Å². The van der Waals surface area contributed by atoms with Crippen LogP contribution in [0.5, 0.6) is 0 Å². The van der Waals surface area contributed by atoms with Gasteiger partial charge in [-0.1, -0.05) is 13.0 Å². The quantitative estimate of drug-likeness (QED) is 0.821. The molecule has 0 radical (unpaired) electrons. The standard InChI is InChI=1S/C16H25N3OS/c1-12-5-6-14(17)10-15(12)18-16(20)4-3-7-19-8-9-21-13(2)11-19/h5-6,10,13H,3-4,7-9,11,17H2,1-2H3,(H,18,20). The van der Waals surface area contributed by atoms with E-state index in [-0.39, 0.29) is 5.91 Å². The Morgan fingerprint density at radius 2 is 2.33 bits per heavy atom. The molecule has 5 heteroatoms. The van der Waals surface area contributed by atoms with E-state index in [9.17, 15) is 4.79 Å². The van der Waals surface area contributed by atoms with Crippen molar-refractivity contribution in [1.82, 2.24) is 4.90 Å². The summed E-state index contributed by atoms with van der Waals surface area (Å²) in [6.07, 6.45) is 1.47. The maximum Gasteiger partial charge on any atom is 0.224 e. The van der Waals surface area contributed by atoms with E-state index in [1.807, 2.05) is 36.9 Å². The highest BCUT2D eigenvalue weighted by atomic mass is 32.2. The number of amides is 1. The number of hydrogen-bond donors (Lipinski definition) is 2. The van der Waals surface area contributed by atoms with Crippen molar-refractivity contribution in [3.8, 4) is 0 Å². The fourth-order valence-corrected chi connectivity index (χ4v) is 3.63. The smallest absolute Gasteiger partial charge is 0.224 e. The van der Waals surface area contributed by atoms with Gasteiger partial charge in [0.2, 0.25) is 5.91 Å². The number of aryl methyl sites for hydroxylation is 1. The van der Waals surface area contributed by atoms with Crippen molar-refractivity contribution in [1.29, 1.82) is 0 Å². The van der Waals surface area contributed by atoms with E-state index in [1.54, 1.807) is 0 Å². The van der Waals surface area contributed by atoms with E-state index in [2.05, 4.69) is 17.1 Å². The minimum absolute atomic E-state index is 0.0723. The molecule has 1 atom stereocenters. The van der Waals surface area contributed by atoms with Crippen molar-refractivity contribution in [2.24, 2.45) is 0 Å². The fourth-order valence-electron chi connectivity index (χ4n) is 2.54. The third-order valence-electron chi connectivity index (χ3n) is 3.74. The van der Waals surface area contributed by atoms with Gasteiger partial charge < -0.3 is 16.0 Å². The van der Waals surface area contributed by atoms with Crippen LogP contribution in [-0.4, -0.2) is 41.4 Å². The first kappa shape index (κ1) is 16.2. The van der Waals surface area contributed by atoms with Gasteiger partial charge in [0.15, 0.2) is 0 Å². The molecule has 0 aliphatic carbocycles. The Morgan fingerprint density at radius 3 is 3.10 bits per heavy atom. The molecule has 0 spiro atoms. The molecule has 3 N–H and O–H groups in total. The van der Waals surface area contributed by atoms with Gasteiger partial charge >= 0.3 is 0 Å². The Bertz CT molecular complexity index is 492. The molecule has 1 unspecified atom stereocenters. The van der Waals surface area contributed by atoms with Crippen molar-refractivity contribution >= 4 is 29.0 Å². The topological polar surface area (TPSA) is 58.4 Å². The molecule has 2 rings (SSSR count). The number of rotatable bonds is 5. The number of carbonyl (C=O) groups is 1. The summed E-state index contributed by atoms with van der Waals surface area (Å²) < 4.78 is 0. The summed E-state index contributed by atoms with van der Waals surface area (Å²) in [6.45, 7) is 7.54. The number of carbonyl (C=O) groups excluding carboxylic acids is 1. The summed E-state index contributed by atoms with van der Waals surface area (Å²) in [6, 6.07) is 5.59. The zero-order valence-electron chi connectivity index (χ0n) is 12.9. The molecule has 21 heavy (non-hydrogen) atoms. The number of nitrogens with zero attached hydrogens (tertiary/aromatic N) is 1. The molecule has 1 aromatic carbocycles. The Kier molecular flexibility index (Phi) is 5.94. The zero-order chi connectivity index (χ0) is 15.2. The van der Waals surface area contributed by atoms with E-state index < -0.39 is 0 Å². The van der Waals surface area contributed by atoms with Crippen molar-refractivity contribution in [3.05, 3.63) is 23.8 Å². The van der Waals surface area contributed by atoms with Gasteiger partial charge in [0.1, 0.15) is 0 Å². The molecule has 1 aromatic rings. The number of nitrogens with two attached hydrogens (primary N) is 1. The lowest BCUT2D eigenvalue weighted by atomic mass is 10.1. The lowest BCUT2D eigenvalue weighted by Crippen LogP contribution is -2.37. The molecule has 4 nitrogen and oxygen atoms in total. The van der Waals surface area contributed by atoms with Gasteiger partial charge in [-0.25, -0.2) is 0 Å². The van der Waals surface area contributed by atoms with Crippen LogP contribution in [0.15, 0.2) is 18.2 Å². The predicted octanol–water partition coefficient (Wildman–Crippen LogP) is 2.73. The van der Waals surface area contributed by atoms with Gasteiger partial charge in [-0.05, 0) is 37.6 Å². The SMILES string of the molecule is Cc1ccc(N)cc1NC(=O)CCCN1CCSC(C)C1. The van der Waals surface area contributed by atoms with Crippen LogP contribution >= 0.6 is 11.8 Å². The van der Waals surface area contributed by atoms with E-state index in [0.717, 1.165) is 37.3 Å². The molecule has 116 valence electrons. The normalized spacial score (nSPS) is 19.4. The molecule has 0 saturated carbocycles. The maximum absolute atomic E-state index is 12.0. The van der Waals surface area contributed by atoms with Crippen molar-refractivity contribution in [3.63, 3.8) is 0 Å². The number of anilines is 2. The van der Waals surface area contributed by atoms with Crippen molar-refractivity contribution in [2.45, 2.75) is 31.9 Å². The summed E-state index contributed by atoms with van der Waals surface area (Å²) in [5, 5.41) is 3.67. The molecule has 0 aromatic heterocycles. The van der Waals surface area contributed by atoms with Gasteiger partial charge in [-0.3, -0.25) is 4.79 Å². The van der Waals surface area contributed by atoms with Crippen LogP contribution in [0.1, 0.15) is 25.3 Å². The van der Waals surface area contributed by atoms with E-state index in [1.165, 1.54) is 5.75 Å². The van der Waals surface area contributed by atoms with Crippen LogP contribution in [0.4, 0.5) is 11.4 Å². The first-order valence-corrected chi connectivity index (χ1v) is 8.59. The van der Waals surface area contributed by atoms with Gasteiger partial charge in [0.05, 0.1) is 0 Å². The molecule has 1 heterocycles. The molecular formula is C16H25N3OS. The number of hydrogen-bond acceptors (Lipinski definition) is 4. The number of nitrogen functional groups attached to an aromatic ring is 1. The van der Waals surface area contributed by atoms with E-state index in [4.69, 9.17) is 5.73 Å². The summed E-state index contributed by atoms with van der Waals surface area (Å²) in [7, 11) is 0. The second-order valence-electron chi connectivity index (χ2n) is 5.71. The highest BCUT2D eigenvalue weighted by Crippen LogP contribution is 2.19. The summed E-state index contributed by atoms with van der Waals surface area (Å²) in [5.41, 5.74) is 8.29. The third-order valence-corrected chi connectivity index (χ3v) is 4.88. The van der Waals surface area contributed by atoms with Gasteiger partial charge in [-0.15, -0.1) is 0 Å². The molecule has 0 bridgehead atoms. The number of thioether (sulfide) groups is 1. The average Bonchev–Trinajstić information content (AvgIpc) is 2.43. The zero-order valence-corrected chi connectivity index (χ0v) is 13.7. The minimum atomic E-state index is 0.0723. The highest BCUT2D eigenvalue weighted by Gasteiger charge is 2.16. The van der Waals surface area contributed by atoms with E-state index in [0.29, 0.717) is 17.4 Å². The van der Waals surface area contributed by atoms with Crippen LogP contribution in [0.2, 0.25) is 0 Å². The predicted molar refractivity (Wildman–Crippen MR) is 91.8 cm³/mol. The molecular weight excluding hydrogens is 282 g/mol. The molecule has 1 fully saturated rings. The van der Waals surface area contributed by atoms with Crippen LogP contribution < -0.4 is 11.1 Å². The van der Waals surface area contributed by atoms with Crippen LogP contribution in [0.25, 0.3) is 0 Å². The second kappa shape index (κ2) is 7.71. The van der Waals surface area contributed by atoms with Crippen molar-refractivity contribution in [2.75, 3.05) is 36.4 Å². The monoisotopic (exact) mass is 307 g/mol. The summed E-state index contributed by atoms with van der Waals surface area (Å²) >= 11 is 2.03. The van der Waals surface area contributed by atoms with Crippen molar-refractivity contribution < 1.29 is 4.79 Å². The maximum atomic E-state index is 12.0. The van der Waals surface area contributed by atoms with Gasteiger partial charge in [0.25, 0.3) is 0 Å². The average molecular weight is 307 g/mol. The first-order chi connectivity index (χ1) is 10.0. The number of benzene rings is 1. The molecule has 1 aliphatic heterocycles. The second-order valence-corrected chi connectivity index (χ2v) is 7.25. The van der Waals surface area contributed by atoms with Crippen LogP contribution in [0, 0.1) is 6.92 Å². The lowest BCUT2D eigenvalue weighted by Gasteiger charge is -2.30. The summed E-state index contributed by atoms with van der Waals surface area (Å²) in [4.78, 5) is 14.5. The Morgan fingerprint density at radius 1 is 1.52 bits per heavy atom. The summed E-state index contributed by atoms with van der Waals surface area (Å²) in [5.74, 6) is 1.28. The fraction of sp³-hybridized carbons (Fsp3) is 0.562. The number of nitrogens with one attached hydrogen (secondary N) is 1. The first-order valence-electron chi connectivity index (χ1n) is 7.54. The largest absolute Gasteiger partial charge is 0.399 e. The Labute approximate surface area is 131 Å². The Hall–Kier alpha value is -1.20. The lowest BCUT2D eigenvalue weighted by molar-refractivity contribution is -0.116. The highest BCUT2D eigenvalue weighted by molar-refractivity contribution is 7.99. The van der Waals surface area contributed by atoms with Crippen LogP contribution in [0.3, 0.4) is 0 Å². The van der Waals surface area contributed by atoms with Gasteiger partial charge in [0, 0.05) is 41.9 Å². The third kappa shape index (κ3) is 5.25. The van der Waals surface area contributed by atoms with E-state index >= 15 is 0 Å². The Balaban J connectivity index is 1.73. The van der Waals surface area contributed by atoms with Crippen LogP contribution in [-0.2, 0) is 4.79 Å². The molecule has 1 saturated heterocycles. The molecule has 1 aliphatic rings. The molecule has 1 amide bonds. The minimum Gasteiger partial charge on any atom is -0.399 e.